The molecule has 0 aliphatic heterocycles. The Kier molecular flexibility index (Phi) is 4.36. The standard InChI is InChI=1S/C12H20N4O2/c1-12(2,3)16-10(17)7-14-9-6-5-8(13)11(15-9)18-4/h5-6H,7,13H2,1-4H3,(H,14,15)(H,16,17). The average molecular weight is 252 g/mol. The number of anilines is 2. The second-order valence-electron chi connectivity index (χ2n) is 4.95. The molecule has 1 amide bonds. The number of carbonyl (C=O) groups excluding carboxylic acids is 1. The summed E-state index contributed by atoms with van der Waals surface area (Å²) < 4.78 is 5.00. The van der Waals surface area contributed by atoms with Crippen LogP contribution in [0.4, 0.5) is 11.5 Å². The normalized spacial score (nSPS) is 10.9. The van der Waals surface area contributed by atoms with Gasteiger partial charge < -0.3 is 21.1 Å². The summed E-state index contributed by atoms with van der Waals surface area (Å²) in [5.74, 6) is 0.793. The van der Waals surface area contributed by atoms with Gasteiger partial charge in [0.25, 0.3) is 0 Å². The van der Waals surface area contributed by atoms with Crippen molar-refractivity contribution in [3.8, 4) is 5.88 Å². The third-order valence-corrected chi connectivity index (χ3v) is 2.03. The van der Waals surface area contributed by atoms with Crippen LogP contribution in [-0.4, -0.2) is 30.1 Å². The van der Waals surface area contributed by atoms with Crippen molar-refractivity contribution in [3.05, 3.63) is 12.1 Å². The number of methoxy groups -OCH3 is 1. The number of hydrogen-bond acceptors (Lipinski definition) is 5. The predicted octanol–water partition coefficient (Wildman–Crippen LogP) is 0.999. The highest BCUT2D eigenvalue weighted by Crippen LogP contribution is 2.19. The minimum Gasteiger partial charge on any atom is -0.479 e. The lowest BCUT2D eigenvalue weighted by Gasteiger charge is -2.20. The van der Waals surface area contributed by atoms with Crippen LogP contribution in [0.5, 0.6) is 5.88 Å². The number of hydrogen-bond donors (Lipinski definition) is 3. The molecule has 0 aliphatic carbocycles. The zero-order chi connectivity index (χ0) is 13.8. The number of aromatic nitrogens is 1. The molecule has 100 valence electrons. The fourth-order valence-electron chi connectivity index (χ4n) is 1.35. The molecule has 6 nitrogen and oxygen atoms in total. The second-order valence-corrected chi connectivity index (χ2v) is 4.95. The summed E-state index contributed by atoms with van der Waals surface area (Å²) in [6.07, 6.45) is 0. The quantitative estimate of drug-likeness (QED) is 0.744. The Morgan fingerprint density at radius 1 is 1.44 bits per heavy atom. The molecular weight excluding hydrogens is 232 g/mol. The van der Waals surface area contributed by atoms with Crippen LogP contribution in [0, 0.1) is 0 Å². The van der Waals surface area contributed by atoms with Gasteiger partial charge in [-0.15, -0.1) is 0 Å². The molecule has 1 aromatic heterocycles. The van der Waals surface area contributed by atoms with Crippen molar-refractivity contribution in [2.45, 2.75) is 26.3 Å². The van der Waals surface area contributed by atoms with Gasteiger partial charge >= 0.3 is 0 Å². The van der Waals surface area contributed by atoms with E-state index in [2.05, 4.69) is 15.6 Å². The molecule has 0 unspecified atom stereocenters. The number of nitrogens with zero attached hydrogens (tertiary/aromatic N) is 1. The molecule has 1 aromatic rings. The molecule has 0 atom stereocenters. The van der Waals surface area contributed by atoms with Crippen molar-refractivity contribution >= 4 is 17.4 Å². The lowest BCUT2D eigenvalue weighted by molar-refractivity contribution is -0.120. The van der Waals surface area contributed by atoms with Crippen molar-refractivity contribution < 1.29 is 9.53 Å². The van der Waals surface area contributed by atoms with Crippen molar-refractivity contribution in [1.82, 2.24) is 10.3 Å². The highest BCUT2D eigenvalue weighted by atomic mass is 16.5. The summed E-state index contributed by atoms with van der Waals surface area (Å²) in [5, 5.41) is 5.75. The number of amides is 1. The third kappa shape index (κ3) is 4.48. The first-order chi connectivity index (χ1) is 8.31. The van der Waals surface area contributed by atoms with Gasteiger partial charge in [-0.05, 0) is 32.9 Å². The molecule has 0 radical (unpaired) electrons. The lowest BCUT2D eigenvalue weighted by atomic mass is 10.1. The first kappa shape index (κ1) is 14.1. The van der Waals surface area contributed by atoms with Crippen molar-refractivity contribution in [1.29, 1.82) is 0 Å². The highest BCUT2D eigenvalue weighted by Gasteiger charge is 2.13. The topological polar surface area (TPSA) is 89.3 Å². The van der Waals surface area contributed by atoms with Gasteiger partial charge in [-0.2, -0.15) is 4.98 Å². The molecule has 0 bridgehead atoms. The molecule has 18 heavy (non-hydrogen) atoms. The summed E-state index contributed by atoms with van der Waals surface area (Å²) in [6, 6.07) is 3.37. The van der Waals surface area contributed by atoms with Gasteiger partial charge in [-0.25, -0.2) is 0 Å². The largest absolute Gasteiger partial charge is 0.479 e. The van der Waals surface area contributed by atoms with Gasteiger partial charge in [0.2, 0.25) is 11.8 Å². The molecular formula is C12H20N4O2. The predicted molar refractivity (Wildman–Crippen MR) is 71.6 cm³/mol. The number of carbonyl (C=O) groups is 1. The summed E-state index contributed by atoms with van der Waals surface area (Å²) in [7, 11) is 1.49. The summed E-state index contributed by atoms with van der Waals surface area (Å²) in [5.41, 5.74) is 5.86. The van der Waals surface area contributed by atoms with Gasteiger partial charge in [0.05, 0.1) is 19.3 Å². The number of nitrogen functional groups attached to an aromatic ring is 1. The van der Waals surface area contributed by atoms with Crippen LogP contribution < -0.4 is 21.1 Å². The number of ether oxygens (including phenoxy) is 1. The zero-order valence-electron chi connectivity index (χ0n) is 11.2. The Morgan fingerprint density at radius 3 is 2.67 bits per heavy atom. The molecule has 0 aliphatic rings. The fourth-order valence-corrected chi connectivity index (χ4v) is 1.35. The van der Waals surface area contributed by atoms with Crippen LogP contribution in [-0.2, 0) is 4.79 Å². The summed E-state index contributed by atoms with van der Waals surface area (Å²) in [6.45, 7) is 5.93. The first-order valence-corrected chi connectivity index (χ1v) is 5.67. The van der Waals surface area contributed by atoms with Crippen LogP contribution in [0.3, 0.4) is 0 Å². The van der Waals surface area contributed by atoms with Gasteiger partial charge in [-0.1, -0.05) is 0 Å². The minimum absolute atomic E-state index is 0.0971. The molecule has 0 aromatic carbocycles. The van der Waals surface area contributed by atoms with E-state index in [1.54, 1.807) is 12.1 Å². The van der Waals surface area contributed by atoms with E-state index < -0.39 is 0 Å². The SMILES string of the molecule is COc1nc(NCC(=O)NC(C)(C)C)ccc1N. The Morgan fingerprint density at radius 2 is 2.11 bits per heavy atom. The number of pyridine rings is 1. The monoisotopic (exact) mass is 252 g/mol. The maximum absolute atomic E-state index is 11.6. The maximum atomic E-state index is 11.6. The van der Waals surface area contributed by atoms with E-state index in [0.717, 1.165) is 0 Å². The van der Waals surface area contributed by atoms with E-state index in [-0.39, 0.29) is 18.0 Å². The molecule has 4 N–H and O–H groups in total. The molecule has 0 saturated carbocycles. The minimum atomic E-state index is -0.245. The lowest BCUT2D eigenvalue weighted by Crippen LogP contribution is -2.43. The Labute approximate surface area is 107 Å². The maximum Gasteiger partial charge on any atom is 0.239 e. The van der Waals surface area contributed by atoms with E-state index >= 15 is 0 Å². The molecule has 1 rings (SSSR count). The van der Waals surface area contributed by atoms with E-state index in [0.29, 0.717) is 17.4 Å². The molecule has 1 heterocycles. The van der Waals surface area contributed by atoms with Gasteiger partial charge in [-0.3, -0.25) is 4.79 Å². The van der Waals surface area contributed by atoms with Crippen LogP contribution in [0.15, 0.2) is 12.1 Å². The van der Waals surface area contributed by atoms with Crippen molar-refractivity contribution in [3.63, 3.8) is 0 Å². The smallest absolute Gasteiger partial charge is 0.239 e. The highest BCUT2D eigenvalue weighted by molar-refractivity contribution is 5.81. The van der Waals surface area contributed by atoms with Crippen molar-refractivity contribution in [2.75, 3.05) is 24.7 Å². The van der Waals surface area contributed by atoms with Gasteiger partial charge in [0, 0.05) is 5.54 Å². The number of nitrogens with two attached hydrogens (primary N) is 1. The summed E-state index contributed by atoms with van der Waals surface area (Å²) in [4.78, 5) is 15.7. The Bertz CT molecular complexity index is 427. The number of rotatable bonds is 4. The third-order valence-electron chi connectivity index (χ3n) is 2.03. The molecule has 6 heteroatoms. The van der Waals surface area contributed by atoms with Crippen LogP contribution in [0.1, 0.15) is 20.8 Å². The van der Waals surface area contributed by atoms with E-state index in [4.69, 9.17) is 10.5 Å². The second kappa shape index (κ2) is 5.57. The Balaban J connectivity index is 2.56. The van der Waals surface area contributed by atoms with Crippen molar-refractivity contribution in [2.24, 2.45) is 0 Å². The van der Waals surface area contributed by atoms with Crippen LogP contribution in [0.25, 0.3) is 0 Å². The Hall–Kier alpha value is -1.98. The molecule has 0 fully saturated rings. The summed E-state index contributed by atoms with van der Waals surface area (Å²) >= 11 is 0. The molecule has 0 saturated heterocycles. The number of nitrogens with one attached hydrogen (secondary N) is 2. The molecule has 0 spiro atoms. The van der Waals surface area contributed by atoms with Crippen LogP contribution in [0.2, 0.25) is 0 Å². The fraction of sp³-hybridized carbons (Fsp3) is 0.500. The van der Waals surface area contributed by atoms with Crippen LogP contribution >= 0.6 is 0 Å². The van der Waals surface area contributed by atoms with E-state index in [1.165, 1.54) is 7.11 Å². The van der Waals surface area contributed by atoms with E-state index in [1.807, 2.05) is 20.8 Å². The van der Waals surface area contributed by atoms with E-state index in [9.17, 15) is 4.79 Å². The average Bonchev–Trinajstić information content (AvgIpc) is 2.25. The van der Waals surface area contributed by atoms with Gasteiger partial charge in [0.15, 0.2) is 0 Å². The zero-order valence-corrected chi connectivity index (χ0v) is 11.2. The van der Waals surface area contributed by atoms with Gasteiger partial charge in [0.1, 0.15) is 5.82 Å². The first-order valence-electron chi connectivity index (χ1n) is 5.67.